The van der Waals surface area contributed by atoms with Crippen molar-refractivity contribution >= 4 is 0 Å². The highest BCUT2D eigenvalue weighted by Crippen LogP contribution is 2.07. The van der Waals surface area contributed by atoms with Gasteiger partial charge >= 0.3 is 0 Å². The van der Waals surface area contributed by atoms with Gasteiger partial charge in [-0.2, -0.15) is 5.26 Å². The Kier molecular flexibility index (Phi) is 13.1. The topological polar surface area (TPSA) is 23.8 Å². The van der Waals surface area contributed by atoms with Gasteiger partial charge in [-0.1, -0.05) is 57.3 Å². The van der Waals surface area contributed by atoms with Crippen molar-refractivity contribution < 1.29 is 0 Å². The highest BCUT2D eigenvalue weighted by molar-refractivity contribution is 5.02. The highest BCUT2D eigenvalue weighted by atomic mass is 14.2. The minimum atomic E-state index is 0.987. The van der Waals surface area contributed by atoms with Gasteiger partial charge in [-0.3, -0.25) is 0 Å². The molecule has 0 unspecified atom stereocenters. The molecule has 0 radical (unpaired) electrons. The second kappa shape index (κ2) is 14.0. The molecular formula is C15H25N. The van der Waals surface area contributed by atoms with Crippen LogP contribution in [0, 0.1) is 11.3 Å². The molecule has 0 saturated carbocycles. The van der Waals surface area contributed by atoms with Crippen LogP contribution in [0.4, 0.5) is 0 Å². The number of hydrogen-bond acceptors (Lipinski definition) is 1. The van der Waals surface area contributed by atoms with E-state index in [9.17, 15) is 0 Å². The standard InChI is InChI=1S/C15H25N/c1-2-3-4-5-6-7-8-9-10-11-12-13-14-15-16/h9-10,13-14H,2-8,11-12H2,1H3. The number of rotatable bonds is 10. The smallest absolute Gasteiger partial charge is 0.0908 e. The van der Waals surface area contributed by atoms with Crippen LogP contribution in [0.3, 0.4) is 0 Å². The van der Waals surface area contributed by atoms with Crippen LogP contribution in [-0.4, -0.2) is 0 Å². The monoisotopic (exact) mass is 219 g/mol. The maximum Gasteiger partial charge on any atom is 0.0908 e. The highest BCUT2D eigenvalue weighted by Gasteiger charge is 1.87. The van der Waals surface area contributed by atoms with Crippen molar-refractivity contribution in [2.24, 2.45) is 0 Å². The molecule has 0 N–H and O–H groups in total. The summed E-state index contributed by atoms with van der Waals surface area (Å²) in [5.74, 6) is 0. The fraction of sp³-hybridized carbons (Fsp3) is 0.667. The maximum absolute atomic E-state index is 8.27. The van der Waals surface area contributed by atoms with E-state index in [1.165, 1.54) is 44.9 Å². The lowest BCUT2D eigenvalue weighted by Crippen LogP contribution is -1.77. The first-order valence-electron chi connectivity index (χ1n) is 6.61. The molecule has 0 aliphatic heterocycles. The van der Waals surface area contributed by atoms with E-state index in [2.05, 4.69) is 19.1 Å². The molecule has 1 nitrogen and oxygen atoms in total. The largest absolute Gasteiger partial charge is 0.193 e. The average molecular weight is 219 g/mol. The van der Waals surface area contributed by atoms with Gasteiger partial charge in [0, 0.05) is 6.08 Å². The normalized spacial score (nSPS) is 11.2. The maximum atomic E-state index is 8.27. The molecule has 0 aromatic rings. The van der Waals surface area contributed by atoms with Gasteiger partial charge in [0.1, 0.15) is 0 Å². The molecule has 1 heteroatoms. The molecule has 0 aromatic heterocycles. The van der Waals surface area contributed by atoms with E-state index in [-0.39, 0.29) is 0 Å². The van der Waals surface area contributed by atoms with E-state index in [1.54, 1.807) is 6.08 Å². The van der Waals surface area contributed by atoms with Gasteiger partial charge in [0.25, 0.3) is 0 Å². The molecule has 0 rings (SSSR count). The first-order valence-corrected chi connectivity index (χ1v) is 6.61. The molecule has 0 aliphatic rings. The Morgan fingerprint density at radius 2 is 1.44 bits per heavy atom. The molecule has 16 heavy (non-hydrogen) atoms. The Balaban J connectivity index is 3.10. The summed E-state index contributed by atoms with van der Waals surface area (Å²) in [4.78, 5) is 0. The number of unbranched alkanes of at least 4 members (excludes halogenated alkanes) is 7. The van der Waals surface area contributed by atoms with Crippen molar-refractivity contribution in [1.29, 1.82) is 5.26 Å². The Morgan fingerprint density at radius 1 is 0.812 bits per heavy atom. The first-order chi connectivity index (χ1) is 7.91. The number of nitrogens with zero attached hydrogens (tertiary/aromatic N) is 1. The zero-order valence-electron chi connectivity index (χ0n) is 10.6. The lowest BCUT2D eigenvalue weighted by molar-refractivity contribution is 0.611. The minimum absolute atomic E-state index is 0.987. The zero-order valence-corrected chi connectivity index (χ0v) is 10.6. The van der Waals surface area contributed by atoms with Crippen molar-refractivity contribution in [2.75, 3.05) is 0 Å². The summed E-state index contributed by atoms with van der Waals surface area (Å²) in [6.07, 6.45) is 19.5. The van der Waals surface area contributed by atoms with Gasteiger partial charge in [0.15, 0.2) is 0 Å². The van der Waals surface area contributed by atoms with Crippen LogP contribution in [0.2, 0.25) is 0 Å². The third kappa shape index (κ3) is 13.0. The van der Waals surface area contributed by atoms with Gasteiger partial charge in [-0.25, -0.2) is 0 Å². The number of nitriles is 1. The minimum Gasteiger partial charge on any atom is -0.193 e. The van der Waals surface area contributed by atoms with Crippen LogP contribution in [0.15, 0.2) is 24.3 Å². The summed E-state index contributed by atoms with van der Waals surface area (Å²) in [5.41, 5.74) is 0. The second-order valence-corrected chi connectivity index (χ2v) is 4.14. The van der Waals surface area contributed by atoms with Crippen molar-refractivity contribution in [3.8, 4) is 6.07 Å². The fourth-order valence-electron chi connectivity index (χ4n) is 1.61. The molecule has 0 saturated heterocycles. The Morgan fingerprint density at radius 3 is 2.19 bits per heavy atom. The first kappa shape index (κ1) is 15.0. The Labute approximate surface area is 101 Å². The van der Waals surface area contributed by atoms with E-state index in [1.807, 2.05) is 12.1 Å². The quantitative estimate of drug-likeness (QED) is 0.283. The van der Waals surface area contributed by atoms with Crippen molar-refractivity contribution in [3.05, 3.63) is 24.3 Å². The third-order valence-corrected chi connectivity index (χ3v) is 2.58. The fourth-order valence-corrected chi connectivity index (χ4v) is 1.61. The van der Waals surface area contributed by atoms with Crippen LogP contribution in [0.1, 0.15) is 64.7 Å². The summed E-state index contributed by atoms with van der Waals surface area (Å²) in [6.45, 7) is 2.25. The van der Waals surface area contributed by atoms with Gasteiger partial charge in [-0.05, 0) is 25.7 Å². The molecule has 0 heterocycles. The molecule has 0 amide bonds. The summed E-state index contributed by atoms with van der Waals surface area (Å²) >= 11 is 0. The number of hydrogen-bond donors (Lipinski definition) is 0. The van der Waals surface area contributed by atoms with Crippen molar-refractivity contribution in [3.63, 3.8) is 0 Å². The van der Waals surface area contributed by atoms with Crippen LogP contribution in [-0.2, 0) is 0 Å². The summed E-state index contributed by atoms with van der Waals surface area (Å²) in [5, 5.41) is 8.27. The van der Waals surface area contributed by atoms with Gasteiger partial charge in [0.2, 0.25) is 0 Å². The third-order valence-electron chi connectivity index (χ3n) is 2.58. The number of allylic oxidation sites excluding steroid dienone is 4. The van der Waals surface area contributed by atoms with Crippen LogP contribution < -0.4 is 0 Å². The predicted molar refractivity (Wildman–Crippen MR) is 71.1 cm³/mol. The lowest BCUT2D eigenvalue weighted by atomic mass is 10.1. The van der Waals surface area contributed by atoms with Crippen molar-refractivity contribution in [2.45, 2.75) is 64.7 Å². The van der Waals surface area contributed by atoms with Crippen LogP contribution >= 0.6 is 0 Å². The molecular weight excluding hydrogens is 194 g/mol. The molecule has 0 aromatic carbocycles. The molecule has 0 bridgehead atoms. The molecule has 0 aliphatic carbocycles. The van der Waals surface area contributed by atoms with Crippen LogP contribution in [0.25, 0.3) is 0 Å². The summed E-state index contributed by atoms with van der Waals surface area (Å²) in [6, 6.07) is 2.00. The lowest BCUT2D eigenvalue weighted by Gasteiger charge is -1.97. The molecule has 0 spiro atoms. The second-order valence-electron chi connectivity index (χ2n) is 4.14. The van der Waals surface area contributed by atoms with Crippen LogP contribution in [0.5, 0.6) is 0 Å². The van der Waals surface area contributed by atoms with Gasteiger partial charge < -0.3 is 0 Å². The van der Waals surface area contributed by atoms with E-state index in [0.29, 0.717) is 0 Å². The molecule has 90 valence electrons. The average Bonchev–Trinajstić information content (AvgIpc) is 2.31. The Hall–Kier alpha value is -1.03. The van der Waals surface area contributed by atoms with Crippen molar-refractivity contribution in [1.82, 2.24) is 0 Å². The van der Waals surface area contributed by atoms with E-state index in [0.717, 1.165) is 12.8 Å². The zero-order chi connectivity index (χ0) is 11.9. The van der Waals surface area contributed by atoms with E-state index >= 15 is 0 Å². The SMILES string of the molecule is CCCCCCCCC=CCCC=CC#N. The Bertz CT molecular complexity index is 220. The predicted octanol–water partition coefficient (Wildman–Crippen LogP) is 5.15. The van der Waals surface area contributed by atoms with E-state index in [4.69, 9.17) is 5.26 Å². The molecule has 0 fully saturated rings. The van der Waals surface area contributed by atoms with Gasteiger partial charge in [0.05, 0.1) is 6.07 Å². The van der Waals surface area contributed by atoms with E-state index < -0.39 is 0 Å². The van der Waals surface area contributed by atoms with Gasteiger partial charge in [-0.15, -0.1) is 0 Å². The summed E-state index contributed by atoms with van der Waals surface area (Å²) < 4.78 is 0. The summed E-state index contributed by atoms with van der Waals surface area (Å²) in [7, 11) is 0. The molecule has 0 atom stereocenters.